The van der Waals surface area contributed by atoms with Crippen LogP contribution in [0.25, 0.3) is 0 Å². The van der Waals surface area contributed by atoms with Crippen LogP contribution >= 0.6 is 0 Å². The molecule has 0 aliphatic carbocycles. The molecule has 0 aromatic carbocycles. The number of hydrogen-bond donors (Lipinski definition) is 0. The summed E-state index contributed by atoms with van der Waals surface area (Å²) in [4.78, 5) is 2.00. The van der Waals surface area contributed by atoms with Gasteiger partial charge in [-0.05, 0) is 20.0 Å². The van der Waals surface area contributed by atoms with Crippen LogP contribution in [0, 0.1) is 0 Å². The zero-order valence-electron chi connectivity index (χ0n) is 6.59. The minimum absolute atomic E-state index is 0.168. The van der Waals surface area contributed by atoms with E-state index < -0.39 is 0 Å². The Hall–Kier alpha value is -0.500. The van der Waals surface area contributed by atoms with Gasteiger partial charge in [0.05, 0.1) is 0 Å². The van der Waals surface area contributed by atoms with Crippen LogP contribution in [0.4, 0.5) is 0 Å². The van der Waals surface area contributed by atoms with Gasteiger partial charge in [0, 0.05) is 14.2 Å². The van der Waals surface area contributed by atoms with Crippen molar-refractivity contribution in [3.63, 3.8) is 0 Å². The van der Waals surface area contributed by atoms with Gasteiger partial charge < -0.3 is 9.64 Å². The third kappa shape index (κ3) is 3.14. The van der Waals surface area contributed by atoms with Gasteiger partial charge in [0.1, 0.15) is 6.23 Å². The molecule has 0 bridgehead atoms. The molecule has 0 spiro atoms. The number of methoxy groups -OCH3 is 1. The number of hydrogen-bond acceptors (Lipinski definition) is 2. The summed E-state index contributed by atoms with van der Waals surface area (Å²) in [5.41, 5.74) is 0. The van der Waals surface area contributed by atoms with E-state index >= 15 is 0 Å². The van der Waals surface area contributed by atoms with Crippen LogP contribution in [0.15, 0.2) is 12.3 Å². The van der Waals surface area contributed by atoms with Gasteiger partial charge in [-0.15, -0.1) is 0 Å². The van der Waals surface area contributed by atoms with Crippen LogP contribution in [0.3, 0.4) is 0 Å². The lowest BCUT2D eigenvalue weighted by Gasteiger charge is -2.20. The zero-order chi connectivity index (χ0) is 7.28. The molecule has 0 fully saturated rings. The van der Waals surface area contributed by atoms with Crippen molar-refractivity contribution in [2.75, 3.05) is 14.2 Å². The molecule has 2 heteroatoms. The van der Waals surface area contributed by atoms with Crippen LogP contribution in [-0.4, -0.2) is 25.3 Å². The minimum atomic E-state index is 0.168. The molecule has 0 N–H and O–H groups in total. The number of allylic oxidation sites excluding steroid dienone is 1. The summed E-state index contributed by atoms with van der Waals surface area (Å²) >= 11 is 0. The number of nitrogens with zero attached hydrogens (tertiary/aromatic N) is 1. The SMILES string of the molecule is C/C=C\N(C)C(C)OC. The third-order valence-corrected chi connectivity index (χ3v) is 1.30. The van der Waals surface area contributed by atoms with Gasteiger partial charge in [0.15, 0.2) is 0 Å². The summed E-state index contributed by atoms with van der Waals surface area (Å²) < 4.78 is 5.04. The van der Waals surface area contributed by atoms with Crippen molar-refractivity contribution in [2.24, 2.45) is 0 Å². The summed E-state index contributed by atoms with van der Waals surface area (Å²) in [7, 11) is 3.68. The van der Waals surface area contributed by atoms with Crippen molar-refractivity contribution in [1.82, 2.24) is 4.90 Å². The molecular formula is C7H15NO. The van der Waals surface area contributed by atoms with Gasteiger partial charge >= 0.3 is 0 Å². The fourth-order valence-electron chi connectivity index (χ4n) is 0.523. The molecule has 2 nitrogen and oxygen atoms in total. The second-order valence-electron chi connectivity index (χ2n) is 1.98. The smallest absolute Gasteiger partial charge is 0.126 e. The van der Waals surface area contributed by atoms with E-state index in [1.165, 1.54) is 0 Å². The Balaban J connectivity index is 3.58. The van der Waals surface area contributed by atoms with Gasteiger partial charge in [-0.1, -0.05) is 6.08 Å². The van der Waals surface area contributed by atoms with Crippen LogP contribution in [0.5, 0.6) is 0 Å². The lowest BCUT2D eigenvalue weighted by molar-refractivity contribution is 0.0233. The Labute approximate surface area is 57.1 Å². The summed E-state index contributed by atoms with van der Waals surface area (Å²) in [5, 5.41) is 0. The maximum Gasteiger partial charge on any atom is 0.126 e. The molecule has 1 atom stereocenters. The average molecular weight is 129 g/mol. The summed E-state index contributed by atoms with van der Waals surface area (Å²) in [6, 6.07) is 0. The van der Waals surface area contributed by atoms with Crippen LogP contribution < -0.4 is 0 Å². The van der Waals surface area contributed by atoms with Crippen molar-refractivity contribution in [3.05, 3.63) is 12.3 Å². The minimum Gasteiger partial charge on any atom is -0.362 e. The quantitative estimate of drug-likeness (QED) is 0.535. The molecule has 0 aromatic rings. The molecule has 1 unspecified atom stereocenters. The monoisotopic (exact) mass is 129 g/mol. The Morgan fingerprint density at radius 3 is 2.44 bits per heavy atom. The molecule has 0 amide bonds. The van der Waals surface area contributed by atoms with Gasteiger partial charge in [-0.3, -0.25) is 0 Å². The predicted octanol–water partition coefficient (Wildman–Crippen LogP) is 1.44. The van der Waals surface area contributed by atoms with Gasteiger partial charge in [-0.2, -0.15) is 0 Å². The molecule has 54 valence electrons. The van der Waals surface area contributed by atoms with Gasteiger partial charge in [0.25, 0.3) is 0 Å². The van der Waals surface area contributed by atoms with E-state index in [9.17, 15) is 0 Å². The molecule has 0 radical (unpaired) electrons. The first kappa shape index (κ1) is 8.50. The molecule has 9 heavy (non-hydrogen) atoms. The van der Waals surface area contributed by atoms with Gasteiger partial charge in [0.2, 0.25) is 0 Å². The van der Waals surface area contributed by atoms with E-state index in [4.69, 9.17) is 4.74 Å². The first-order valence-electron chi connectivity index (χ1n) is 3.10. The van der Waals surface area contributed by atoms with Crippen molar-refractivity contribution in [1.29, 1.82) is 0 Å². The van der Waals surface area contributed by atoms with Crippen LogP contribution in [-0.2, 0) is 4.74 Å². The van der Waals surface area contributed by atoms with E-state index in [1.807, 2.05) is 38.1 Å². The fraction of sp³-hybridized carbons (Fsp3) is 0.714. The van der Waals surface area contributed by atoms with Crippen molar-refractivity contribution in [2.45, 2.75) is 20.1 Å². The summed E-state index contributed by atoms with van der Waals surface area (Å²) in [6.07, 6.45) is 4.13. The van der Waals surface area contributed by atoms with E-state index in [0.29, 0.717) is 0 Å². The molecule has 0 aliphatic heterocycles. The Morgan fingerprint density at radius 1 is 1.56 bits per heavy atom. The highest BCUT2D eigenvalue weighted by Gasteiger charge is 1.99. The molecule has 0 aromatic heterocycles. The Morgan fingerprint density at radius 2 is 2.11 bits per heavy atom. The molecule has 0 aliphatic rings. The molecule has 0 saturated carbocycles. The Bertz CT molecular complexity index is 90.9. The number of rotatable bonds is 3. The maximum atomic E-state index is 5.04. The summed E-state index contributed by atoms with van der Waals surface area (Å²) in [5.74, 6) is 0. The second-order valence-corrected chi connectivity index (χ2v) is 1.98. The van der Waals surface area contributed by atoms with E-state index in [-0.39, 0.29) is 6.23 Å². The normalized spacial score (nSPS) is 14.2. The van der Waals surface area contributed by atoms with E-state index in [0.717, 1.165) is 0 Å². The average Bonchev–Trinajstić information content (AvgIpc) is 1.87. The Kier molecular flexibility index (Phi) is 4.14. The fourth-order valence-corrected chi connectivity index (χ4v) is 0.523. The highest BCUT2D eigenvalue weighted by atomic mass is 16.5. The highest BCUT2D eigenvalue weighted by Crippen LogP contribution is 1.94. The topological polar surface area (TPSA) is 12.5 Å². The van der Waals surface area contributed by atoms with E-state index in [2.05, 4.69) is 0 Å². The molecule has 0 rings (SSSR count). The first-order chi connectivity index (χ1) is 4.22. The van der Waals surface area contributed by atoms with E-state index in [1.54, 1.807) is 7.11 Å². The largest absolute Gasteiger partial charge is 0.362 e. The summed E-state index contributed by atoms with van der Waals surface area (Å²) in [6.45, 7) is 3.99. The lowest BCUT2D eigenvalue weighted by Crippen LogP contribution is -2.24. The maximum absolute atomic E-state index is 5.04. The lowest BCUT2D eigenvalue weighted by atomic mass is 10.5. The van der Waals surface area contributed by atoms with Crippen LogP contribution in [0.2, 0.25) is 0 Å². The van der Waals surface area contributed by atoms with Crippen LogP contribution in [0.1, 0.15) is 13.8 Å². The standard InChI is InChI=1S/C7H15NO/c1-5-6-8(3)7(2)9-4/h5-7H,1-4H3/b6-5-. The predicted molar refractivity (Wildman–Crippen MR) is 39.0 cm³/mol. The molecule has 0 heterocycles. The van der Waals surface area contributed by atoms with Crippen molar-refractivity contribution >= 4 is 0 Å². The highest BCUT2D eigenvalue weighted by molar-refractivity contribution is 4.76. The zero-order valence-corrected chi connectivity index (χ0v) is 6.59. The van der Waals surface area contributed by atoms with Crippen molar-refractivity contribution in [3.8, 4) is 0 Å². The van der Waals surface area contributed by atoms with Crippen molar-refractivity contribution < 1.29 is 4.74 Å². The molecular weight excluding hydrogens is 114 g/mol. The second kappa shape index (κ2) is 4.39. The number of ether oxygens (including phenoxy) is 1. The van der Waals surface area contributed by atoms with Gasteiger partial charge in [-0.25, -0.2) is 0 Å². The first-order valence-corrected chi connectivity index (χ1v) is 3.10. The third-order valence-electron chi connectivity index (χ3n) is 1.30. The molecule has 0 saturated heterocycles.